The van der Waals surface area contributed by atoms with E-state index >= 15 is 0 Å². The minimum Gasteiger partial charge on any atom is -0.329 e. The average molecular weight is 214 g/mol. The van der Waals surface area contributed by atoms with E-state index in [2.05, 4.69) is 14.7 Å². The fraction of sp³-hybridized carbons (Fsp3) is 0.625. The molecule has 1 heterocycles. The molecule has 0 unspecified atom stereocenters. The van der Waals surface area contributed by atoms with Crippen molar-refractivity contribution in [3.05, 3.63) is 5.82 Å². The normalized spacial score (nSPS) is 11.4. The third-order valence-electron chi connectivity index (χ3n) is 1.87. The highest BCUT2D eigenvalue weighted by Crippen LogP contribution is 2.17. The van der Waals surface area contributed by atoms with Crippen molar-refractivity contribution in [3.8, 4) is 0 Å². The Morgan fingerprint density at radius 2 is 2.29 bits per heavy atom. The van der Waals surface area contributed by atoms with Gasteiger partial charge in [0.25, 0.3) is 0 Å². The van der Waals surface area contributed by atoms with Crippen LogP contribution in [0, 0.1) is 12.3 Å². The molecular formula is C8H14N4OS. The number of hydrogen-bond donors (Lipinski definition) is 2. The van der Waals surface area contributed by atoms with Crippen LogP contribution >= 0.6 is 11.5 Å². The van der Waals surface area contributed by atoms with Gasteiger partial charge in [-0.1, -0.05) is 0 Å². The van der Waals surface area contributed by atoms with Gasteiger partial charge in [0.05, 0.1) is 5.41 Å². The van der Waals surface area contributed by atoms with Crippen molar-refractivity contribution in [1.82, 2.24) is 9.36 Å². The Bertz CT molecular complexity index is 334. The lowest BCUT2D eigenvalue weighted by atomic mass is 9.93. The van der Waals surface area contributed by atoms with E-state index < -0.39 is 5.41 Å². The van der Waals surface area contributed by atoms with Gasteiger partial charge >= 0.3 is 0 Å². The van der Waals surface area contributed by atoms with Crippen molar-refractivity contribution < 1.29 is 4.79 Å². The van der Waals surface area contributed by atoms with Crippen molar-refractivity contribution in [1.29, 1.82) is 0 Å². The van der Waals surface area contributed by atoms with Crippen LogP contribution in [0.5, 0.6) is 0 Å². The van der Waals surface area contributed by atoms with Crippen LogP contribution in [0.15, 0.2) is 0 Å². The van der Waals surface area contributed by atoms with Crippen LogP contribution in [0.2, 0.25) is 0 Å². The molecule has 0 radical (unpaired) electrons. The van der Waals surface area contributed by atoms with Gasteiger partial charge in [-0.05, 0) is 20.8 Å². The molecule has 1 aromatic heterocycles. The number of amides is 1. The molecule has 0 aliphatic carbocycles. The maximum Gasteiger partial charge on any atom is 0.233 e. The first kappa shape index (κ1) is 11.1. The molecule has 0 spiro atoms. The molecule has 0 fully saturated rings. The van der Waals surface area contributed by atoms with E-state index in [1.807, 2.05) is 0 Å². The molecule has 3 N–H and O–H groups in total. The van der Waals surface area contributed by atoms with Gasteiger partial charge in [0.1, 0.15) is 5.82 Å². The minimum atomic E-state index is -0.570. The monoisotopic (exact) mass is 214 g/mol. The van der Waals surface area contributed by atoms with Gasteiger partial charge in [-0.15, -0.1) is 0 Å². The number of aryl methyl sites for hydroxylation is 1. The lowest BCUT2D eigenvalue weighted by Crippen LogP contribution is -2.37. The average Bonchev–Trinajstić information content (AvgIpc) is 2.51. The number of rotatable bonds is 3. The quantitative estimate of drug-likeness (QED) is 0.778. The van der Waals surface area contributed by atoms with Crippen LogP contribution in [0.4, 0.5) is 5.13 Å². The van der Waals surface area contributed by atoms with Crippen LogP contribution in [0.3, 0.4) is 0 Å². The summed E-state index contributed by atoms with van der Waals surface area (Å²) in [6.07, 6.45) is 0. The zero-order valence-corrected chi connectivity index (χ0v) is 9.31. The van der Waals surface area contributed by atoms with Crippen LogP contribution < -0.4 is 11.1 Å². The van der Waals surface area contributed by atoms with E-state index in [1.165, 1.54) is 11.5 Å². The maximum absolute atomic E-state index is 11.6. The summed E-state index contributed by atoms with van der Waals surface area (Å²) in [6, 6.07) is 0. The molecule has 1 aromatic rings. The number of nitrogens with two attached hydrogens (primary N) is 1. The number of carbonyl (C=O) groups is 1. The summed E-state index contributed by atoms with van der Waals surface area (Å²) in [4.78, 5) is 15.7. The zero-order chi connectivity index (χ0) is 10.8. The SMILES string of the molecule is Cc1nsc(NC(=O)C(C)(C)CN)n1. The highest BCUT2D eigenvalue weighted by Gasteiger charge is 2.26. The molecule has 78 valence electrons. The Hall–Kier alpha value is -1.01. The second kappa shape index (κ2) is 4.02. The second-order valence-electron chi connectivity index (χ2n) is 3.69. The van der Waals surface area contributed by atoms with Crippen molar-refractivity contribution in [3.63, 3.8) is 0 Å². The highest BCUT2D eigenvalue weighted by molar-refractivity contribution is 7.09. The van der Waals surface area contributed by atoms with Gasteiger partial charge in [0.2, 0.25) is 11.0 Å². The van der Waals surface area contributed by atoms with Crippen molar-refractivity contribution >= 4 is 22.6 Å². The first-order valence-electron chi connectivity index (χ1n) is 4.27. The summed E-state index contributed by atoms with van der Waals surface area (Å²) in [5, 5.41) is 3.20. The van der Waals surface area contributed by atoms with E-state index in [4.69, 9.17) is 5.73 Å². The standard InChI is InChI=1S/C8H14N4OS/c1-5-10-7(14-12-5)11-6(13)8(2,3)4-9/h4,9H2,1-3H3,(H,10,11,12,13). The Labute approximate surface area is 86.9 Å². The van der Waals surface area contributed by atoms with Gasteiger partial charge < -0.3 is 11.1 Å². The number of carbonyl (C=O) groups excluding carboxylic acids is 1. The number of nitrogens with zero attached hydrogens (tertiary/aromatic N) is 2. The molecule has 14 heavy (non-hydrogen) atoms. The summed E-state index contributed by atoms with van der Waals surface area (Å²) >= 11 is 1.17. The molecule has 0 aromatic carbocycles. The predicted molar refractivity (Wildman–Crippen MR) is 56.1 cm³/mol. The summed E-state index contributed by atoms with van der Waals surface area (Å²) in [7, 11) is 0. The van der Waals surface area contributed by atoms with Crippen LogP contribution in [0.1, 0.15) is 19.7 Å². The van der Waals surface area contributed by atoms with Gasteiger partial charge in [-0.2, -0.15) is 4.37 Å². The zero-order valence-electron chi connectivity index (χ0n) is 8.50. The fourth-order valence-corrected chi connectivity index (χ4v) is 1.28. The summed E-state index contributed by atoms with van der Waals surface area (Å²) < 4.78 is 3.96. The predicted octanol–water partition coefficient (Wildman–Crippen LogP) is 0.770. The molecule has 1 rings (SSSR count). The third-order valence-corrected chi connectivity index (χ3v) is 2.59. The van der Waals surface area contributed by atoms with Crippen LogP contribution in [0.25, 0.3) is 0 Å². The molecule has 5 nitrogen and oxygen atoms in total. The largest absolute Gasteiger partial charge is 0.329 e. The van der Waals surface area contributed by atoms with E-state index in [0.717, 1.165) is 0 Å². The fourth-order valence-electron chi connectivity index (χ4n) is 0.707. The van der Waals surface area contributed by atoms with Gasteiger partial charge in [0, 0.05) is 18.1 Å². The van der Waals surface area contributed by atoms with Crippen molar-refractivity contribution in [2.45, 2.75) is 20.8 Å². The molecule has 0 saturated heterocycles. The van der Waals surface area contributed by atoms with E-state index in [-0.39, 0.29) is 5.91 Å². The summed E-state index contributed by atoms with van der Waals surface area (Å²) in [5.41, 5.74) is 4.90. The topological polar surface area (TPSA) is 80.9 Å². The smallest absolute Gasteiger partial charge is 0.233 e. The molecule has 0 atom stereocenters. The third kappa shape index (κ3) is 2.49. The summed E-state index contributed by atoms with van der Waals surface area (Å²) in [6.45, 7) is 5.66. The Morgan fingerprint density at radius 3 is 2.71 bits per heavy atom. The van der Waals surface area contributed by atoms with Gasteiger partial charge in [0.15, 0.2) is 0 Å². The van der Waals surface area contributed by atoms with Gasteiger partial charge in [-0.25, -0.2) is 4.98 Å². The first-order chi connectivity index (χ1) is 6.45. The highest BCUT2D eigenvalue weighted by atomic mass is 32.1. The Morgan fingerprint density at radius 1 is 1.64 bits per heavy atom. The maximum atomic E-state index is 11.6. The van der Waals surface area contributed by atoms with Crippen LogP contribution in [-0.4, -0.2) is 21.8 Å². The Kier molecular flexibility index (Phi) is 3.17. The number of hydrogen-bond acceptors (Lipinski definition) is 5. The molecular weight excluding hydrogens is 200 g/mol. The molecule has 0 aliphatic rings. The van der Waals surface area contributed by atoms with Gasteiger partial charge in [-0.3, -0.25) is 4.79 Å². The first-order valence-corrected chi connectivity index (χ1v) is 5.05. The number of anilines is 1. The number of aromatic nitrogens is 2. The van der Waals surface area contributed by atoms with E-state index in [9.17, 15) is 4.79 Å². The molecule has 6 heteroatoms. The molecule has 0 aliphatic heterocycles. The summed E-state index contributed by atoms with van der Waals surface area (Å²) in [5.74, 6) is 0.534. The molecule has 1 amide bonds. The van der Waals surface area contributed by atoms with E-state index in [0.29, 0.717) is 17.5 Å². The lowest BCUT2D eigenvalue weighted by molar-refractivity contribution is -0.123. The molecule has 0 bridgehead atoms. The van der Waals surface area contributed by atoms with Crippen molar-refractivity contribution in [2.24, 2.45) is 11.1 Å². The Balaban J connectivity index is 2.66. The second-order valence-corrected chi connectivity index (χ2v) is 4.44. The number of nitrogens with one attached hydrogen (secondary N) is 1. The van der Waals surface area contributed by atoms with Crippen molar-refractivity contribution in [2.75, 3.05) is 11.9 Å². The molecule has 0 saturated carbocycles. The van der Waals surface area contributed by atoms with Crippen LogP contribution in [-0.2, 0) is 4.79 Å². The van der Waals surface area contributed by atoms with E-state index in [1.54, 1.807) is 20.8 Å². The lowest BCUT2D eigenvalue weighted by Gasteiger charge is -2.19. The minimum absolute atomic E-state index is 0.129.